The van der Waals surface area contributed by atoms with Crippen molar-refractivity contribution >= 4 is 22.6 Å². The highest BCUT2D eigenvalue weighted by atomic mass is 35.5. The van der Waals surface area contributed by atoms with Crippen LogP contribution in [0.4, 0.5) is 0 Å². The van der Waals surface area contributed by atoms with E-state index < -0.39 is 5.60 Å². The Hall–Kier alpha value is -2.02. The van der Waals surface area contributed by atoms with Crippen LogP contribution in [0, 0.1) is 0 Å². The largest absolute Gasteiger partial charge is 0.378 e. The van der Waals surface area contributed by atoms with Gasteiger partial charge in [0, 0.05) is 49.7 Å². The third kappa shape index (κ3) is 2.39. The number of halogens is 1. The topological polar surface area (TPSA) is 62.1 Å². The van der Waals surface area contributed by atoms with E-state index >= 15 is 0 Å². The summed E-state index contributed by atoms with van der Waals surface area (Å²) in [5, 5.41) is 1.14. The Balaban J connectivity index is 1.83. The number of fused-ring (bicyclic) bond motifs is 1. The van der Waals surface area contributed by atoms with Crippen molar-refractivity contribution in [2.75, 3.05) is 20.3 Å². The van der Waals surface area contributed by atoms with Crippen LogP contribution < -0.4 is 0 Å². The van der Waals surface area contributed by atoms with Gasteiger partial charge in [-0.2, -0.15) is 4.98 Å². The maximum Gasteiger partial charge on any atom is 0.224 e. The third-order valence-corrected chi connectivity index (χ3v) is 4.48. The Bertz CT molecular complexity index is 858. The van der Waals surface area contributed by atoms with Crippen LogP contribution in [0.3, 0.4) is 0 Å². The predicted octanol–water partition coefficient (Wildman–Crippen LogP) is 2.73. The molecule has 4 heterocycles. The number of rotatable bonds is 3. The maximum atomic E-state index is 5.93. The summed E-state index contributed by atoms with van der Waals surface area (Å²) in [5.41, 5.74) is 2.21. The molecule has 0 radical (unpaired) electrons. The monoisotopic (exact) mass is 330 g/mol. The van der Waals surface area contributed by atoms with Gasteiger partial charge in [0.2, 0.25) is 5.28 Å². The highest BCUT2D eigenvalue weighted by Gasteiger charge is 2.37. The van der Waals surface area contributed by atoms with Crippen molar-refractivity contribution in [3.05, 3.63) is 47.8 Å². The first kappa shape index (κ1) is 14.6. The molecule has 0 N–H and O–H groups in total. The number of aromatic nitrogens is 4. The lowest BCUT2D eigenvalue weighted by atomic mass is 9.94. The molecule has 1 fully saturated rings. The molecule has 0 spiro atoms. The molecule has 6 nitrogen and oxygen atoms in total. The molecular formula is C16H15ClN4O2. The van der Waals surface area contributed by atoms with Gasteiger partial charge < -0.3 is 9.47 Å². The molecule has 3 aromatic heterocycles. The first-order valence-corrected chi connectivity index (χ1v) is 7.68. The van der Waals surface area contributed by atoms with E-state index in [-0.39, 0.29) is 5.28 Å². The van der Waals surface area contributed by atoms with E-state index in [0.717, 1.165) is 28.7 Å². The standard InChI is InChI=1S/C16H15ClN4O2/c1-22-16(3-5-23-10-16)12-6-13(9-18-8-12)21-4-2-11-7-19-15(17)20-14(11)21/h2,4,6-9H,3,5,10H2,1H3. The van der Waals surface area contributed by atoms with Crippen LogP contribution in [0.25, 0.3) is 16.7 Å². The van der Waals surface area contributed by atoms with Crippen molar-refractivity contribution in [3.63, 3.8) is 0 Å². The molecule has 7 heteroatoms. The average Bonchev–Trinajstić information content (AvgIpc) is 3.22. The zero-order valence-corrected chi connectivity index (χ0v) is 13.3. The Labute approximate surface area is 138 Å². The van der Waals surface area contributed by atoms with E-state index in [1.807, 2.05) is 23.0 Å². The fourth-order valence-electron chi connectivity index (χ4n) is 2.97. The van der Waals surface area contributed by atoms with Gasteiger partial charge in [0.15, 0.2) is 0 Å². The fraction of sp³-hybridized carbons (Fsp3) is 0.312. The predicted molar refractivity (Wildman–Crippen MR) is 85.8 cm³/mol. The molecule has 0 saturated carbocycles. The van der Waals surface area contributed by atoms with Crippen molar-refractivity contribution in [1.29, 1.82) is 0 Å². The summed E-state index contributed by atoms with van der Waals surface area (Å²) in [6.45, 7) is 1.22. The number of hydrogen-bond donors (Lipinski definition) is 0. The third-order valence-electron chi connectivity index (χ3n) is 4.30. The van der Waals surface area contributed by atoms with Crippen molar-refractivity contribution in [2.24, 2.45) is 0 Å². The van der Waals surface area contributed by atoms with Crippen molar-refractivity contribution in [3.8, 4) is 5.69 Å². The van der Waals surface area contributed by atoms with Crippen LogP contribution in [-0.2, 0) is 15.1 Å². The van der Waals surface area contributed by atoms with Crippen LogP contribution in [0.15, 0.2) is 36.9 Å². The Morgan fingerprint density at radius 1 is 1.35 bits per heavy atom. The van der Waals surface area contributed by atoms with E-state index in [2.05, 4.69) is 21.0 Å². The van der Waals surface area contributed by atoms with Gasteiger partial charge in [-0.1, -0.05) is 0 Å². The van der Waals surface area contributed by atoms with Crippen LogP contribution in [-0.4, -0.2) is 39.8 Å². The quantitative estimate of drug-likeness (QED) is 0.691. The zero-order chi connectivity index (χ0) is 15.9. The molecular weight excluding hydrogens is 316 g/mol. The summed E-state index contributed by atoms with van der Waals surface area (Å²) in [7, 11) is 1.71. The Morgan fingerprint density at radius 3 is 3.04 bits per heavy atom. The normalized spacial score (nSPS) is 21.1. The Kier molecular flexibility index (Phi) is 3.52. The number of ether oxygens (including phenoxy) is 2. The first-order valence-electron chi connectivity index (χ1n) is 7.30. The van der Waals surface area contributed by atoms with Gasteiger partial charge in [-0.15, -0.1) is 0 Å². The number of methoxy groups -OCH3 is 1. The van der Waals surface area contributed by atoms with Crippen molar-refractivity contribution < 1.29 is 9.47 Å². The molecule has 0 bridgehead atoms. The number of nitrogens with zero attached hydrogens (tertiary/aromatic N) is 4. The average molecular weight is 331 g/mol. The number of pyridine rings is 1. The molecule has 1 aliphatic heterocycles. The lowest BCUT2D eigenvalue weighted by Gasteiger charge is -2.26. The molecule has 1 aliphatic rings. The minimum absolute atomic E-state index is 0.221. The van der Waals surface area contributed by atoms with Crippen LogP contribution in [0.2, 0.25) is 5.28 Å². The van der Waals surface area contributed by atoms with E-state index in [9.17, 15) is 0 Å². The van der Waals surface area contributed by atoms with E-state index in [1.165, 1.54) is 0 Å². The summed E-state index contributed by atoms with van der Waals surface area (Å²) < 4.78 is 13.2. The second kappa shape index (κ2) is 5.56. The zero-order valence-electron chi connectivity index (χ0n) is 12.6. The van der Waals surface area contributed by atoms with E-state index in [1.54, 1.807) is 19.5 Å². The summed E-state index contributed by atoms with van der Waals surface area (Å²) in [4.78, 5) is 12.7. The van der Waals surface area contributed by atoms with E-state index in [4.69, 9.17) is 21.1 Å². The second-order valence-electron chi connectivity index (χ2n) is 5.54. The summed E-state index contributed by atoms with van der Waals surface area (Å²) in [6, 6.07) is 4.00. The van der Waals surface area contributed by atoms with Crippen molar-refractivity contribution in [1.82, 2.24) is 19.5 Å². The van der Waals surface area contributed by atoms with Gasteiger partial charge in [-0.3, -0.25) is 9.55 Å². The summed E-state index contributed by atoms with van der Waals surface area (Å²) >= 11 is 5.93. The second-order valence-corrected chi connectivity index (χ2v) is 5.87. The molecule has 3 aromatic rings. The smallest absolute Gasteiger partial charge is 0.224 e. The van der Waals surface area contributed by atoms with Gasteiger partial charge in [-0.25, -0.2) is 4.98 Å². The van der Waals surface area contributed by atoms with Gasteiger partial charge in [-0.05, 0) is 23.7 Å². The molecule has 0 aliphatic carbocycles. The molecule has 1 unspecified atom stereocenters. The van der Waals surface area contributed by atoms with Crippen molar-refractivity contribution in [2.45, 2.75) is 12.0 Å². The Morgan fingerprint density at radius 2 is 2.26 bits per heavy atom. The van der Waals surface area contributed by atoms with Gasteiger partial charge in [0.25, 0.3) is 0 Å². The minimum Gasteiger partial charge on any atom is -0.378 e. The maximum absolute atomic E-state index is 5.93. The fourth-order valence-corrected chi connectivity index (χ4v) is 3.10. The molecule has 23 heavy (non-hydrogen) atoms. The van der Waals surface area contributed by atoms with Gasteiger partial charge in [0.1, 0.15) is 11.2 Å². The van der Waals surface area contributed by atoms with E-state index in [0.29, 0.717) is 13.2 Å². The van der Waals surface area contributed by atoms with Crippen LogP contribution in [0.1, 0.15) is 12.0 Å². The molecule has 1 atom stereocenters. The molecule has 1 saturated heterocycles. The molecule has 0 aromatic carbocycles. The van der Waals surface area contributed by atoms with Crippen LogP contribution >= 0.6 is 11.6 Å². The first-order chi connectivity index (χ1) is 11.2. The lowest BCUT2D eigenvalue weighted by Crippen LogP contribution is -2.29. The van der Waals surface area contributed by atoms with Crippen LogP contribution in [0.5, 0.6) is 0 Å². The van der Waals surface area contributed by atoms with Gasteiger partial charge >= 0.3 is 0 Å². The minimum atomic E-state index is -0.432. The highest BCUT2D eigenvalue weighted by Crippen LogP contribution is 2.34. The molecule has 118 valence electrons. The SMILES string of the molecule is COC1(c2cncc(-n3ccc4cnc(Cl)nc43)c2)CCOC1. The molecule has 0 amide bonds. The number of hydrogen-bond acceptors (Lipinski definition) is 5. The highest BCUT2D eigenvalue weighted by molar-refractivity contribution is 6.28. The lowest BCUT2D eigenvalue weighted by molar-refractivity contribution is -0.0215. The van der Waals surface area contributed by atoms with Gasteiger partial charge in [0.05, 0.1) is 18.5 Å². The molecule has 4 rings (SSSR count). The summed E-state index contributed by atoms with van der Waals surface area (Å²) in [6.07, 6.45) is 8.07. The summed E-state index contributed by atoms with van der Waals surface area (Å²) in [5.74, 6) is 0.